The molecule has 2 aliphatic rings. The van der Waals surface area contributed by atoms with Gasteiger partial charge in [-0.3, -0.25) is 4.90 Å². The molecule has 0 spiro atoms. The summed E-state index contributed by atoms with van der Waals surface area (Å²) in [6.07, 6.45) is 1.66. The van der Waals surface area contributed by atoms with Gasteiger partial charge in [0.2, 0.25) is 0 Å². The molecule has 3 nitrogen and oxygen atoms in total. The highest BCUT2D eigenvalue weighted by Gasteiger charge is 2.30. The predicted molar refractivity (Wildman–Crippen MR) is 50.8 cm³/mol. The standard InChI is InChI=1S/C10H19NO2/c1-10(2)8-11(4-3-5-13-10)6-9-7-12-9/h9H,3-8H2,1-2H3/t9-/m1/s1. The molecule has 0 amide bonds. The van der Waals surface area contributed by atoms with E-state index in [0.29, 0.717) is 6.10 Å². The molecule has 0 aliphatic carbocycles. The van der Waals surface area contributed by atoms with Gasteiger partial charge in [0.1, 0.15) is 0 Å². The van der Waals surface area contributed by atoms with Crippen LogP contribution in [0.2, 0.25) is 0 Å². The van der Waals surface area contributed by atoms with E-state index in [2.05, 4.69) is 18.7 Å². The van der Waals surface area contributed by atoms with E-state index in [1.807, 2.05) is 0 Å². The van der Waals surface area contributed by atoms with Crippen molar-refractivity contribution in [2.45, 2.75) is 32.0 Å². The van der Waals surface area contributed by atoms with Crippen LogP contribution in [0.4, 0.5) is 0 Å². The Morgan fingerprint density at radius 2 is 2.23 bits per heavy atom. The lowest BCUT2D eigenvalue weighted by molar-refractivity contribution is -0.0177. The molecule has 0 N–H and O–H groups in total. The summed E-state index contributed by atoms with van der Waals surface area (Å²) in [6.45, 7) is 9.47. The van der Waals surface area contributed by atoms with Gasteiger partial charge in [0, 0.05) is 26.2 Å². The Morgan fingerprint density at radius 1 is 1.46 bits per heavy atom. The van der Waals surface area contributed by atoms with Gasteiger partial charge >= 0.3 is 0 Å². The molecule has 0 unspecified atom stereocenters. The Kier molecular flexibility index (Phi) is 2.58. The maximum atomic E-state index is 5.74. The lowest BCUT2D eigenvalue weighted by Gasteiger charge is -2.28. The van der Waals surface area contributed by atoms with Gasteiger partial charge in [-0.2, -0.15) is 0 Å². The zero-order valence-corrected chi connectivity index (χ0v) is 8.58. The minimum atomic E-state index is 0.0192. The number of epoxide rings is 1. The van der Waals surface area contributed by atoms with Crippen LogP contribution in [0.3, 0.4) is 0 Å². The number of hydrogen-bond donors (Lipinski definition) is 0. The topological polar surface area (TPSA) is 25.0 Å². The summed E-state index contributed by atoms with van der Waals surface area (Å²) in [5.74, 6) is 0. The van der Waals surface area contributed by atoms with Gasteiger partial charge in [0.15, 0.2) is 0 Å². The summed E-state index contributed by atoms with van der Waals surface area (Å²) in [5, 5.41) is 0. The Balaban J connectivity index is 1.85. The summed E-state index contributed by atoms with van der Waals surface area (Å²) < 4.78 is 11.0. The van der Waals surface area contributed by atoms with Crippen molar-refractivity contribution in [2.24, 2.45) is 0 Å². The van der Waals surface area contributed by atoms with Crippen LogP contribution < -0.4 is 0 Å². The van der Waals surface area contributed by atoms with Gasteiger partial charge in [0.05, 0.1) is 18.3 Å². The molecule has 2 saturated heterocycles. The van der Waals surface area contributed by atoms with Crippen LogP contribution in [0.25, 0.3) is 0 Å². The Hall–Kier alpha value is -0.120. The van der Waals surface area contributed by atoms with E-state index < -0.39 is 0 Å². The number of rotatable bonds is 2. The van der Waals surface area contributed by atoms with E-state index in [9.17, 15) is 0 Å². The molecule has 0 bridgehead atoms. The van der Waals surface area contributed by atoms with Crippen molar-refractivity contribution in [1.82, 2.24) is 4.90 Å². The molecular formula is C10H19NO2. The van der Waals surface area contributed by atoms with Crippen LogP contribution in [0, 0.1) is 0 Å². The zero-order valence-electron chi connectivity index (χ0n) is 8.58. The van der Waals surface area contributed by atoms with Gasteiger partial charge in [-0.15, -0.1) is 0 Å². The van der Waals surface area contributed by atoms with Gasteiger partial charge in [-0.05, 0) is 20.3 Å². The van der Waals surface area contributed by atoms with E-state index >= 15 is 0 Å². The fourth-order valence-corrected chi connectivity index (χ4v) is 1.92. The molecule has 13 heavy (non-hydrogen) atoms. The van der Waals surface area contributed by atoms with E-state index in [0.717, 1.165) is 39.3 Å². The summed E-state index contributed by atoms with van der Waals surface area (Å²) in [7, 11) is 0. The molecular weight excluding hydrogens is 166 g/mol. The highest BCUT2D eigenvalue weighted by molar-refractivity contribution is 4.82. The largest absolute Gasteiger partial charge is 0.374 e. The molecule has 0 saturated carbocycles. The highest BCUT2D eigenvalue weighted by atomic mass is 16.6. The number of nitrogens with zero attached hydrogens (tertiary/aromatic N) is 1. The van der Waals surface area contributed by atoms with Crippen LogP contribution in [-0.4, -0.2) is 49.5 Å². The molecule has 76 valence electrons. The third kappa shape index (κ3) is 2.93. The summed E-state index contributed by atoms with van der Waals surface area (Å²) in [5.41, 5.74) is 0.0192. The van der Waals surface area contributed by atoms with Gasteiger partial charge in [-0.1, -0.05) is 0 Å². The molecule has 0 aromatic carbocycles. The lowest BCUT2D eigenvalue weighted by atomic mass is 10.1. The minimum Gasteiger partial charge on any atom is -0.374 e. The van der Waals surface area contributed by atoms with Crippen molar-refractivity contribution in [3.63, 3.8) is 0 Å². The summed E-state index contributed by atoms with van der Waals surface area (Å²) in [4.78, 5) is 2.46. The third-order valence-electron chi connectivity index (χ3n) is 2.58. The first-order chi connectivity index (χ1) is 6.16. The summed E-state index contributed by atoms with van der Waals surface area (Å²) >= 11 is 0. The molecule has 3 heteroatoms. The fraction of sp³-hybridized carbons (Fsp3) is 1.00. The first-order valence-electron chi connectivity index (χ1n) is 5.14. The van der Waals surface area contributed by atoms with E-state index in [1.165, 1.54) is 0 Å². The molecule has 1 atom stereocenters. The fourth-order valence-electron chi connectivity index (χ4n) is 1.92. The maximum absolute atomic E-state index is 5.74. The van der Waals surface area contributed by atoms with Crippen molar-refractivity contribution < 1.29 is 9.47 Å². The minimum absolute atomic E-state index is 0.0192. The third-order valence-corrected chi connectivity index (χ3v) is 2.58. The van der Waals surface area contributed by atoms with Crippen molar-refractivity contribution >= 4 is 0 Å². The van der Waals surface area contributed by atoms with Gasteiger partial charge in [-0.25, -0.2) is 0 Å². The maximum Gasteiger partial charge on any atom is 0.0936 e. The Morgan fingerprint density at radius 3 is 2.92 bits per heavy atom. The quantitative estimate of drug-likeness (QED) is 0.597. The number of ether oxygens (including phenoxy) is 2. The molecule has 0 aromatic rings. The second kappa shape index (κ2) is 3.56. The molecule has 2 aliphatic heterocycles. The Labute approximate surface area is 80.0 Å². The van der Waals surface area contributed by atoms with Crippen LogP contribution in [0.5, 0.6) is 0 Å². The van der Waals surface area contributed by atoms with Crippen molar-refractivity contribution in [2.75, 3.05) is 32.8 Å². The van der Waals surface area contributed by atoms with E-state index in [1.54, 1.807) is 0 Å². The molecule has 0 radical (unpaired) electrons. The average Bonchev–Trinajstić information content (AvgIpc) is 2.80. The first kappa shape index (κ1) is 9.44. The normalized spacial score (nSPS) is 34.2. The molecule has 0 aromatic heterocycles. The molecule has 2 heterocycles. The second-order valence-electron chi connectivity index (χ2n) is 4.65. The monoisotopic (exact) mass is 185 g/mol. The predicted octanol–water partition coefficient (Wildman–Crippen LogP) is 0.886. The molecule has 2 rings (SSSR count). The lowest BCUT2D eigenvalue weighted by Crippen LogP contribution is -2.40. The SMILES string of the molecule is CC1(C)CN(C[C@@H]2CO2)CCCO1. The molecule has 2 fully saturated rings. The van der Waals surface area contributed by atoms with Crippen LogP contribution in [0.15, 0.2) is 0 Å². The zero-order chi connectivity index (χ0) is 9.31. The smallest absolute Gasteiger partial charge is 0.0936 e. The highest BCUT2D eigenvalue weighted by Crippen LogP contribution is 2.19. The number of hydrogen-bond acceptors (Lipinski definition) is 3. The van der Waals surface area contributed by atoms with E-state index in [-0.39, 0.29) is 5.60 Å². The van der Waals surface area contributed by atoms with Crippen molar-refractivity contribution in [3.8, 4) is 0 Å². The van der Waals surface area contributed by atoms with Crippen molar-refractivity contribution in [3.05, 3.63) is 0 Å². The van der Waals surface area contributed by atoms with Crippen LogP contribution >= 0.6 is 0 Å². The second-order valence-corrected chi connectivity index (χ2v) is 4.65. The summed E-state index contributed by atoms with van der Waals surface area (Å²) in [6, 6.07) is 0. The first-order valence-corrected chi connectivity index (χ1v) is 5.14. The average molecular weight is 185 g/mol. The Bertz CT molecular complexity index is 178. The van der Waals surface area contributed by atoms with E-state index in [4.69, 9.17) is 9.47 Å². The van der Waals surface area contributed by atoms with Gasteiger partial charge < -0.3 is 9.47 Å². The van der Waals surface area contributed by atoms with Crippen LogP contribution in [-0.2, 0) is 9.47 Å². The van der Waals surface area contributed by atoms with Crippen LogP contribution in [0.1, 0.15) is 20.3 Å². The van der Waals surface area contributed by atoms with Gasteiger partial charge in [0.25, 0.3) is 0 Å². The van der Waals surface area contributed by atoms with Crippen molar-refractivity contribution in [1.29, 1.82) is 0 Å².